The number of carbonyl (C=O) groups excluding carboxylic acids is 1. The van der Waals surface area contributed by atoms with Crippen LogP contribution >= 0.6 is 11.8 Å². The van der Waals surface area contributed by atoms with Crippen molar-refractivity contribution in [2.24, 2.45) is 4.99 Å². The van der Waals surface area contributed by atoms with Crippen molar-refractivity contribution in [1.82, 2.24) is 5.32 Å². The van der Waals surface area contributed by atoms with Crippen molar-refractivity contribution in [3.05, 3.63) is 52.4 Å². The summed E-state index contributed by atoms with van der Waals surface area (Å²) in [6.07, 6.45) is 5.43. The predicted octanol–water partition coefficient (Wildman–Crippen LogP) is 2.67. The van der Waals surface area contributed by atoms with E-state index in [1.165, 1.54) is 11.8 Å². The molecule has 0 aliphatic carbocycles. The van der Waals surface area contributed by atoms with Crippen LogP contribution in [0.25, 0.3) is 6.08 Å². The average molecular weight is 269 g/mol. The number of amidine groups is 1. The molecule has 0 bridgehead atoms. The Morgan fingerprint density at radius 1 is 1.42 bits per heavy atom. The Morgan fingerprint density at radius 2 is 2.16 bits per heavy atom. The number of nitrogens with zero attached hydrogens (tertiary/aromatic N) is 2. The molecule has 1 heterocycles. The molecule has 1 amide bonds. The van der Waals surface area contributed by atoms with Crippen LogP contribution in [0.1, 0.15) is 12.5 Å². The van der Waals surface area contributed by atoms with Gasteiger partial charge in [-0.3, -0.25) is 10.1 Å². The summed E-state index contributed by atoms with van der Waals surface area (Å²) in [4.78, 5) is 15.7. The quantitative estimate of drug-likeness (QED) is 0.663. The van der Waals surface area contributed by atoms with Gasteiger partial charge in [0.15, 0.2) is 5.17 Å². The zero-order chi connectivity index (χ0) is 13.7. The summed E-state index contributed by atoms with van der Waals surface area (Å²) in [6.45, 7) is 1.92. The number of allylic oxidation sites excluding steroid dienone is 2. The fraction of sp³-hybridized carbons (Fsp3) is 0.0714. The highest BCUT2D eigenvalue weighted by Gasteiger charge is 2.23. The Bertz CT molecular complexity index is 624. The van der Waals surface area contributed by atoms with Gasteiger partial charge in [-0.15, -0.1) is 4.99 Å². The Hall–Kier alpha value is -2.32. The van der Waals surface area contributed by atoms with E-state index in [1.807, 2.05) is 43.3 Å². The standard InChI is InChI=1S/C14H11N3OS/c1-10(7-11-5-3-2-4-6-11)8-12-13(18)17-14(19-12)16-9-15/h2-8H,1H3,(H,16,17,18). The average Bonchev–Trinajstić information content (AvgIpc) is 2.71. The van der Waals surface area contributed by atoms with Gasteiger partial charge in [0.25, 0.3) is 5.91 Å². The molecule has 0 atom stereocenters. The van der Waals surface area contributed by atoms with E-state index in [1.54, 1.807) is 12.3 Å². The highest BCUT2D eigenvalue weighted by atomic mass is 32.2. The van der Waals surface area contributed by atoms with Crippen molar-refractivity contribution in [2.75, 3.05) is 0 Å². The summed E-state index contributed by atoms with van der Waals surface area (Å²) in [6, 6.07) is 9.86. The number of nitriles is 1. The van der Waals surface area contributed by atoms with Gasteiger partial charge in [0.2, 0.25) is 6.19 Å². The second-order valence-corrected chi connectivity index (χ2v) is 4.91. The maximum Gasteiger partial charge on any atom is 0.264 e. The Morgan fingerprint density at radius 3 is 2.84 bits per heavy atom. The van der Waals surface area contributed by atoms with Crippen LogP contribution < -0.4 is 5.32 Å². The molecule has 1 aliphatic rings. The van der Waals surface area contributed by atoms with Gasteiger partial charge in [0.05, 0.1) is 4.91 Å². The summed E-state index contributed by atoms with van der Waals surface area (Å²) in [5.41, 5.74) is 2.04. The van der Waals surface area contributed by atoms with Crippen LogP contribution in [-0.2, 0) is 4.79 Å². The number of hydrogen-bond donors (Lipinski definition) is 1. The minimum absolute atomic E-state index is 0.222. The number of thioether (sulfide) groups is 1. The monoisotopic (exact) mass is 269 g/mol. The number of benzene rings is 1. The van der Waals surface area contributed by atoms with Crippen molar-refractivity contribution in [3.63, 3.8) is 0 Å². The lowest BCUT2D eigenvalue weighted by atomic mass is 10.1. The molecule has 1 saturated heterocycles. The number of rotatable bonds is 2. The summed E-state index contributed by atoms with van der Waals surface area (Å²) in [7, 11) is 0. The summed E-state index contributed by atoms with van der Waals surface area (Å²) in [5, 5.41) is 11.3. The largest absolute Gasteiger partial charge is 0.300 e. The number of amides is 1. The van der Waals surface area contributed by atoms with Gasteiger partial charge in [0, 0.05) is 0 Å². The van der Waals surface area contributed by atoms with Crippen molar-refractivity contribution < 1.29 is 4.79 Å². The number of carbonyl (C=O) groups is 1. The van der Waals surface area contributed by atoms with Crippen molar-refractivity contribution in [2.45, 2.75) is 6.92 Å². The van der Waals surface area contributed by atoms with Gasteiger partial charge in [-0.2, -0.15) is 5.26 Å². The van der Waals surface area contributed by atoms with Crippen molar-refractivity contribution in [3.8, 4) is 6.19 Å². The summed E-state index contributed by atoms with van der Waals surface area (Å²) < 4.78 is 0. The second kappa shape index (κ2) is 6.03. The molecular weight excluding hydrogens is 258 g/mol. The van der Waals surface area contributed by atoms with Crippen molar-refractivity contribution >= 4 is 28.9 Å². The van der Waals surface area contributed by atoms with Gasteiger partial charge in [-0.05, 0) is 35.9 Å². The van der Waals surface area contributed by atoms with Crippen LogP contribution in [-0.4, -0.2) is 11.1 Å². The molecule has 1 aromatic carbocycles. The molecule has 19 heavy (non-hydrogen) atoms. The van der Waals surface area contributed by atoms with E-state index in [2.05, 4.69) is 10.3 Å². The van der Waals surface area contributed by atoms with Crippen LogP contribution in [0.15, 0.2) is 51.9 Å². The second-order valence-electron chi connectivity index (χ2n) is 3.88. The minimum Gasteiger partial charge on any atom is -0.300 e. The number of hydrogen-bond acceptors (Lipinski definition) is 4. The molecule has 0 radical (unpaired) electrons. The van der Waals surface area contributed by atoms with Gasteiger partial charge in [-0.25, -0.2) is 0 Å². The Balaban J connectivity index is 2.18. The maximum absolute atomic E-state index is 11.6. The maximum atomic E-state index is 11.6. The van der Waals surface area contributed by atoms with E-state index in [0.29, 0.717) is 10.1 Å². The summed E-state index contributed by atoms with van der Waals surface area (Å²) in [5.74, 6) is -0.222. The minimum atomic E-state index is -0.222. The first-order valence-electron chi connectivity index (χ1n) is 5.60. The van der Waals surface area contributed by atoms with Gasteiger partial charge < -0.3 is 0 Å². The van der Waals surface area contributed by atoms with Crippen LogP contribution in [0.2, 0.25) is 0 Å². The van der Waals surface area contributed by atoms with Crippen molar-refractivity contribution in [1.29, 1.82) is 5.26 Å². The smallest absolute Gasteiger partial charge is 0.264 e. The molecule has 4 nitrogen and oxygen atoms in total. The third kappa shape index (κ3) is 3.57. The molecule has 1 aliphatic heterocycles. The zero-order valence-corrected chi connectivity index (χ0v) is 11.1. The fourth-order valence-corrected chi connectivity index (χ4v) is 2.41. The molecule has 94 valence electrons. The molecular formula is C14H11N3OS. The molecule has 1 N–H and O–H groups in total. The first-order valence-corrected chi connectivity index (χ1v) is 6.42. The molecule has 0 spiro atoms. The van der Waals surface area contributed by atoms with E-state index in [9.17, 15) is 4.79 Å². The Labute approximate surface area is 115 Å². The first kappa shape index (κ1) is 13.1. The molecule has 5 heteroatoms. The zero-order valence-electron chi connectivity index (χ0n) is 10.3. The third-order valence-corrected chi connectivity index (χ3v) is 3.26. The number of nitrogens with one attached hydrogen (secondary N) is 1. The highest BCUT2D eigenvalue weighted by molar-refractivity contribution is 8.18. The van der Waals surface area contributed by atoms with Gasteiger partial charge >= 0.3 is 0 Å². The molecule has 0 aromatic heterocycles. The van der Waals surface area contributed by atoms with Crippen LogP contribution in [0.3, 0.4) is 0 Å². The SMILES string of the molecule is CC(=Cc1ccccc1)C=C1SC(=NC#N)NC1=O. The van der Waals surface area contributed by atoms with Gasteiger partial charge in [0.1, 0.15) is 0 Å². The van der Waals surface area contributed by atoms with E-state index in [0.717, 1.165) is 11.1 Å². The molecule has 1 aromatic rings. The van der Waals surface area contributed by atoms with E-state index in [4.69, 9.17) is 5.26 Å². The molecule has 0 saturated carbocycles. The lowest BCUT2D eigenvalue weighted by Crippen LogP contribution is -2.19. The normalized spacial score (nSPS) is 19.6. The van der Waals surface area contributed by atoms with Gasteiger partial charge in [-0.1, -0.05) is 36.4 Å². The highest BCUT2D eigenvalue weighted by Crippen LogP contribution is 2.25. The molecule has 2 rings (SSSR count). The molecule has 1 fully saturated rings. The topological polar surface area (TPSA) is 65.2 Å². The van der Waals surface area contributed by atoms with E-state index >= 15 is 0 Å². The van der Waals surface area contributed by atoms with Crippen LogP contribution in [0.5, 0.6) is 0 Å². The fourth-order valence-electron chi connectivity index (χ4n) is 1.59. The lowest BCUT2D eigenvalue weighted by Gasteiger charge is -1.96. The first-order chi connectivity index (χ1) is 9.19. The van der Waals surface area contributed by atoms with E-state index in [-0.39, 0.29) is 5.91 Å². The summed E-state index contributed by atoms with van der Waals surface area (Å²) >= 11 is 1.17. The predicted molar refractivity (Wildman–Crippen MR) is 77.0 cm³/mol. The lowest BCUT2D eigenvalue weighted by molar-refractivity contribution is -0.115. The Kier molecular flexibility index (Phi) is 4.16. The molecule has 0 unspecified atom stereocenters. The number of aliphatic imine (C=N–C) groups is 1. The van der Waals surface area contributed by atoms with Crippen LogP contribution in [0.4, 0.5) is 0 Å². The van der Waals surface area contributed by atoms with E-state index < -0.39 is 0 Å². The third-order valence-electron chi connectivity index (χ3n) is 2.36. The van der Waals surface area contributed by atoms with Crippen LogP contribution in [0, 0.1) is 11.5 Å².